The molecule has 0 radical (unpaired) electrons. The van der Waals surface area contributed by atoms with Crippen molar-refractivity contribution in [1.29, 1.82) is 0 Å². The normalized spacial score (nSPS) is 17.7. The lowest BCUT2D eigenvalue weighted by Gasteiger charge is -2.50. The molecular weight excluding hydrogens is 807 g/mol. The highest BCUT2D eigenvalue weighted by Gasteiger charge is 2.59. The highest BCUT2D eigenvalue weighted by Crippen LogP contribution is 2.67. The first-order valence-electron chi connectivity index (χ1n) is 23.7. The van der Waals surface area contributed by atoms with Gasteiger partial charge in [-0.1, -0.05) is 231 Å². The van der Waals surface area contributed by atoms with Crippen LogP contribution in [0.25, 0.3) is 38.6 Å². The van der Waals surface area contributed by atoms with Gasteiger partial charge in [0.2, 0.25) is 0 Å². The SMILES string of the molecule is C1=C2C(=CCC1)C1(c3ccccc3)c3ccccc3C(c3ccccc3)(c3ccccc3N(c3ccc(-c4ccccc4)cc3)c3ccc(-c4cccc5ccccc45)cc3)c3cccc2c31. The molecule has 0 heterocycles. The monoisotopic (exact) mass is 853 g/mol. The molecule has 0 spiro atoms. The zero-order valence-electron chi connectivity index (χ0n) is 37.2. The van der Waals surface area contributed by atoms with E-state index in [0.717, 1.165) is 29.9 Å². The number of anilines is 3. The molecular formula is C66H47N. The van der Waals surface area contributed by atoms with E-state index in [1.807, 2.05) is 0 Å². The highest BCUT2D eigenvalue weighted by atomic mass is 15.1. The summed E-state index contributed by atoms with van der Waals surface area (Å²) in [6, 6.07) is 92.8. The van der Waals surface area contributed by atoms with E-state index in [9.17, 15) is 0 Å². The molecule has 2 atom stereocenters. The maximum absolute atomic E-state index is 2.55. The highest BCUT2D eigenvalue weighted by molar-refractivity contribution is 5.99. The molecule has 0 amide bonds. The Balaban J connectivity index is 1.10. The van der Waals surface area contributed by atoms with Crippen molar-refractivity contribution in [1.82, 2.24) is 0 Å². The van der Waals surface area contributed by atoms with E-state index in [0.29, 0.717) is 0 Å². The average molecular weight is 854 g/mol. The molecule has 0 saturated carbocycles. The molecule has 10 aromatic carbocycles. The Bertz CT molecular complexity index is 3540. The molecule has 3 aliphatic rings. The number of rotatable bonds is 8. The maximum Gasteiger partial charge on any atom is 0.0728 e. The molecule has 0 saturated heterocycles. The summed E-state index contributed by atoms with van der Waals surface area (Å²) in [5.41, 5.74) is 20.2. The second-order valence-electron chi connectivity index (χ2n) is 18.2. The van der Waals surface area contributed by atoms with Gasteiger partial charge in [-0.3, -0.25) is 0 Å². The van der Waals surface area contributed by atoms with Crippen molar-refractivity contribution in [3.63, 3.8) is 0 Å². The van der Waals surface area contributed by atoms with Crippen molar-refractivity contribution in [3.05, 3.63) is 311 Å². The Hall–Kier alpha value is -8.26. The minimum absolute atomic E-state index is 0.479. The third-order valence-electron chi connectivity index (χ3n) is 14.8. The Morgan fingerprint density at radius 2 is 0.821 bits per heavy atom. The van der Waals surface area contributed by atoms with Gasteiger partial charge in [0, 0.05) is 11.4 Å². The number of fused-ring (bicyclic) bond motifs is 6. The standard InChI is InChI=1S/C66H47N/c1-4-20-46(21-5-1)47-38-42-52(43-39-47)67(53-44-40-49(41-45-53)55-30-18-23-48-22-10-11-28-54(48)55)63-37-17-16-35-61(63)65(50-24-6-2-7-25-50)59-33-14-15-34-60(59)66(51-26-8-3-9-27-51)58-32-13-12-29-56(58)57-31-19-36-62(65)64(57)66/h1-11,14-45H,12-13H2. The summed E-state index contributed by atoms with van der Waals surface area (Å²) in [5.74, 6) is 0. The summed E-state index contributed by atoms with van der Waals surface area (Å²) >= 11 is 0. The quantitative estimate of drug-likeness (QED) is 0.147. The zero-order chi connectivity index (χ0) is 44.4. The first-order valence-corrected chi connectivity index (χ1v) is 23.7. The van der Waals surface area contributed by atoms with E-state index >= 15 is 0 Å². The maximum atomic E-state index is 2.55. The summed E-state index contributed by atoms with van der Waals surface area (Å²) in [6.45, 7) is 0. The van der Waals surface area contributed by atoms with Crippen molar-refractivity contribution in [2.45, 2.75) is 23.7 Å². The van der Waals surface area contributed by atoms with Crippen molar-refractivity contribution >= 4 is 33.4 Å². The van der Waals surface area contributed by atoms with Crippen LogP contribution < -0.4 is 4.90 Å². The van der Waals surface area contributed by atoms with Gasteiger partial charge >= 0.3 is 0 Å². The van der Waals surface area contributed by atoms with Crippen LogP contribution in [0.5, 0.6) is 0 Å². The molecule has 3 aliphatic carbocycles. The molecule has 316 valence electrons. The van der Waals surface area contributed by atoms with Gasteiger partial charge in [0.15, 0.2) is 0 Å². The van der Waals surface area contributed by atoms with Crippen molar-refractivity contribution in [2.75, 3.05) is 4.90 Å². The van der Waals surface area contributed by atoms with E-state index in [2.05, 4.69) is 266 Å². The summed E-state index contributed by atoms with van der Waals surface area (Å²) < 4.78 is 0. The van der Waals surface area contributed by atoms with Crippen LogP contribution in [0.1, 0.15) is 57.3 Å². The van der Waals surface area contributed by atoms with Gasteiger partial charge in [-0.15, -0.1) is 0 Å². The third-order valence-corrected chi connectivity index (χ3v) is 14.8. The van der Waals surface area contributed by atoms with Gasteiger partial charge in [-0.25, -0.2) is 0 Å². The third kappa shape index (κ3) is 5.81. The average Bonchev–Trinajstić information content (AvgIpc) is 3.72. The van der Waals surface area contributed by atoms with Crippen LogP contribution in [-0.2, 0) is 10.8 Å². The minimum Gasteiger partial charge on any atom is -0.310 e. The molecule has 0 aliphatic heterocycles. The number of benzene rings is 10. The molecule has 1 nitrogen and oxygen atoms in total. The van der Waals surface area contributed by atoms with Gasteiger partial charge in [-0.05, 0) is 132 Å². The van der Waals surface area contributed by atoms with Crippen LogP contribution in [0, 0.1) is 0 Å². The van der Waals surface area contributed by atoms with Crippen LogP contribution in [0.3, 0.4) is 0 Å². The van der Waals surface area contributed by atoms with Gasteiger partial charge < -0.3 is 4.90 Å². The molecule has 0 fully saturated rings. The Labute approximate surface area is 393 Å². The number of hydrogen-bond acceptors (Lipinski definition) is 1. The fourth-order valence-electron chi connectivity index (χ4n) is 12.2. The van der Waals surface area contributed by atoms with E-state index in [4.69, 9.17) is 0 Å². The Morgan fingerprint density at radius 3 is 1.54 bits per heavy atom. The van der Waals surface area contributed by atoms with Crippen molar-refractivity contribution < 1.29 is 0 Å². The van der Waals surface area contributed by atoms with Crippen molar-refractivity contribution in [2.24, 2.45) is 0 Å². The molecule has 13 rings (SSSR count). The van der Waals surface area contributed by atoms with Crippen LogP contribution in [0.2, 0.25) is 0 Å². The lowest BCUT2D eigenvalue weighted by molar-refractivity contribution is 0.624. The first-order chi connectivity index (χ1) is 33.3. The number of allylic oxidation sites excluding steroid dienone is 4. The smallest absolute Gasteiger partial charge is 0.0728 e. The summed E-state index contributed by atoms with van der Waals surface area (Å²) in [7, 11) is 0. The second-order valence-corrected chi connectivity index (χ2v) is 18.2. The van der Waals surface area contributed by atoms with Crippen LogP contribution >= 0.6 is 0 Å². The molecule has 0 aromatic heterocycles. The zero-order valence-corrected chi connectivity index (χ0v) is 37.2. The molecule has 0 bridgehead atoms. The van der Waals surface area contributed by atoms with Gasteiger partial charge in [0.25, 0.3) is 0 Å². The lowest BCUT2D eigenvalue weighted by atomic mass is 9.51. The van der Waals surface area contributed by atoms with Crippen LogP contribution in [-0.4, -0.2) is 0 Å². The first kappa shape index (κ1) is 39.1. The van der Waals surface area contributed by atoms with Crippen molar-refractivity contribution in [3.8, 4) is 22.3 Å². The number of para-hydroxylation sites is 1. The largest absolute Gasteiger partial charge is 0.310 e. The predicted molar refractivity (Wildman–Crippen MR) is 279 cm³/mol. The molecule has 10 aromatic rings. The summed E-state index contributed by atoms with van der Waals surface area (Å²) in [4.78, 5) is 2.50. The van der Waals surface area contributed by atoms with Gasteiger partial charge in [0.1, 0.15) is 0 Å². The fraction of sp³-hybridized carbons (Fsp3) is 0.0606. The van der Waals surface area contributed by atoms with Crippen LogP contribution in [0.15, 0.2) is 266 Å². The van der Waals surface area contributed by atoms with E-state index in [1.54, 1.807) is 0 Å². The minimum atomic E-state index is -0.711. The predicted octanol–water partition coefficient (Wildman–Crippen LogP) is 16.8. The summed E-state index contributed by atoms with van der Waals surface area (Å²) in [6.07, 6.45) is 7.13. The number of hydrogen-bond donors (Lipinski definition) is 0. The molecule has 67 heavy (non-hydrogen) atoms. The summed E-state index contributed by atoms with van der Waals surface area (Å²) in [5, 5.41) is 2.50. The van der Waals surface area contributed by atoms with Gasteiger partial charge in [0.05, 0.1) is 16.5 Å². The Morgan fingerprint density at radius 1 is 0.328 bits per heavy atom. The second kappa shape index (κ2) is 15.7. The molecule has 1 heteroatoms. The van der Waals surface area contributed by atoms with E-state index in [1.165, 1.54) is 88.7 Å². The molecule has 2 unspecified atom stereocenters. The lowest BCUT2D eigenvalue weighted by Crippen LogP contribution is -2.44. The van der Waals surface area contributed by atoms with E-state index < -0.39 is 10.8 Å². The van der Waals surface area contributed by atoms with E-state index in [-0.39, 0.29) is 0 Å². The topological polar surface area (TPSA) is 3.24 Å². The number of nitrogens with zero attached hydrogens (tertiary/aromatic N) is 1. The van der Waals surface area contributed by atoms with Gasteiger partial charge in [-0.2, -0.15) is 0 Å². The fourth-order valence-corrected chi connectivity index (χ4v) is 12.2. The Kier molecular flexibility index (Phi) is 9.18. The molecule has 0 N–H and O–H groups in total. The van der Waals surface area contributed by atoms with Crippen LogP contribution in [0.4, 0.5) is 17.1 Å².